The molecule has 0 aromatic heterocycles. The van der Waals surface area contributed by atoms with E-state index in [9.17, 15) is 4.79 Å². The molecule has 1 heterocycles. The van der Waals surface area contributed by atoms with Crippen molar-refractivity contribution in [2.45, 2.75) is 37.9 Å². The fourth-order valence-electron chi connectivity index (χ4n) is 1.98. The van der Waals surface area contributed by atoms with Crippen molar-refractivity contribution in [3.63, 3.8) is 0 Å². The second-order valence-electron chi connectivity index (χ2n) is 6.14. The molecule has 0 saturated carbocycles. The van der Waals surface area contributed by atoms with Gasteiger partial charge < -0.3 is 5.32 Å². The number of amidine groups is 1. The number of hydrogen-bond donors (Lipinski definition) is 1. The largest absolute Gasteiger partial charge is 0.303 e. The molecule has 2 rings (SSSR count). The molecule has 4 nitrogen and oxygen atoms in total. The minimum absolute atomic E-state index is 0.0339. The van der Waals surface area contributed by atoms with Crippen molar-refractivity contribution in [2.24, 2.45) is 10.2 Å². The maximum absolute atomic E-state index is 11.6. The second kappa shape index (κ2) is 6.92. The number of amides is 1. The maximum Gasteiger partial charge on any atom is 0.239 e. The van der Waals surface area contributed by atoms with E-state index in [4.69, 9.17) is 0 Å². The molecular weight excluding hydrogens is 294 g/mol. The Bertz CT molecular complexity index is 612. The summed E-state index contributed by atoms with van der Waals surface area (Å²) in [6.07, 6.45) is 4.06. The summed E-state index contributed by atoms with van der Waals surface area (Å²) in [6, 6.07) is 8.23. The summed E-state index contributed by atoms with van der Waals surface area (Å²) in [5.74, 6) is -0.0339. The fraction of sp³-hybridized carbons (Fsp3) is 0.353. The third-order valence-electron chi connectivity index (χ3n) is 3.29. The van der Waals surface area contributed by atoms with Crippen LogP contribution < -0.4 is 5.32 Å². The number of carbonyl (C=O) groups excluding carboxylic acids is 1. The molecule has 1 fully saturated rings. The summed E-state index contributed by atoms with van der Waals surface area (Å²) in [5.41, 5.74) is 2.40. The van der Waals surface area contributed by atoms with Crippen LogP contribution in [-0.4, -0.2) is 22.5 Å². The number of benzene rings is 1. The number of allylic oxidation sites excluding steroid dienone is 1. The van der Waals surface area contributed by atoms with Crippen LogP contribution in [0, 0.1) is 0 Å². The monoisotopic (exact) mass is 315 g/mol. The lowest BCUT2D eigenvalue weighted by Crippen LogP contribution is -2.24. The quantitative estimate of drug-likeness (QED) is 0.525. The molecule has 1 saturated heterocycles. The van der Waals surface area contributed by atoms with Gasteiger partial charge in [-0.2, -0.15) is 5.10 Å². The molecule has 0 radical (unpaired) electrons. The van der Waals surface area contributed by atoms with Crippen LogP contribution in [0.5, 0.6) is 0 Å². The third-order valence-corrected chi connectivity index (χ3v) is 4.39. The number of hydrogen-bond acceptors (Lipinski definition) is 4. The standard InChI is InChI=1S/C17H21N3OS/c1-5-6-14-15(21)19-16(22-14)20-18-11-12-7-9-13(10-8-12)17(2,3)4/h5,7-11,14H,1,6H2,2-4H3,(H,19,20,21)/b18-11-/t14-/m0/s1. The highest BCUT2D eigenvalue weighted by Gasteiger charge is 2.28. The first-order chi connectivity index (χ1) is 10.4. The smallest absolute Gasteiger partial charge is 0.239 e. The van der Waals surface area contributed by atoms with Crippen molar-refractivity contribution in [3.8, 4) is 0 Å². The van der Waals surface area contributed by atoms with Crippen LogP contribution >= 0.6 is 11.8 Å². The number of thioether (sulfide) groups is 1. The zero-order valence-electron chi connectivity index (χ0n) is 13.2. The minimum Gasteiger partial charge on any atom is -0.303 e. The molecule has 0 bridgehead atoms. The van der Waals surface area contributed by atoms with Crippen molar-refractivity contribution < 1.29 is 4.79 Å². The van der Waals surface area contributed by atoms with E-state index < -0.39 is 0 Å². The van der Waals surface area contributed by atoms with Crippen molar-refractivity contribution in [1.29, 1.82) is 0 Å². The lowest BCUT2D eigenvalue weighted by molar-refractivity contribution is -0.118. The Hall–Kier alpha value is -1.88. The van der Waals surface area contributed by atoms with Crippen molar-refractivity contribution in [2.75, 3.05) is 0 Å². The van der Waals surface area contributed by atoms with E-state index in [1.54, 1.807) is 12.3 Å². The minimum atomic E-state index is -0.141. The zero-order chi connectivity index (χ0) is 16.2. The average molecular weight is 315 g/mol. The first-order valence-electron chi connectivity index (χ1n) is 7.20. The van der Waals surface area contributed by atoms with Gasteiger partial charge in [0.2, 0.25) is 5.91 Å². The van der Waals surface area contributed by atoms with Gasteiger partial charge in [-0.3, -0.25) is 4.79 Å². The Morgan fingerprint density at radius 3 is 2.59 bits per heavy atom. The van der Waals surface area contributed by atoms with Gasteiger partial charge in [0.05, 0.1) is 11.5 Å². The van der Waals surface area contributed by atoms with Crippen molar-refractivity contribution >= 4 is 29.1 Å². The Kier molecular flexibility index (Phi) is 5.19. The number of nitrogens with one attached hydrogen (secondary N) is 1. The van der Waals surface area contributed by atoms with E-state index in [1.807, 2.05) is 12.1 Å². The Balaban J connectivity index is 1.99. The molecule has 22 heavy (non-hydrogen) atoms. The van der Waals surface area contributed by atoms with E-state index in [0.717, 1.165) is 5.56 Å². The number of rotatable bonds is 4. The van der Waals surface area contributed by atoms with Gasteiger partial charge in [0.25, 0.3) is 0 Å². The van der Waals surface area contributed by atoms with Crippen LogP contribution in [0.2, 0.25) is 0 Å². The normalized spacial score (nSPS) is 20.6. The third kappa shape index (κ3) is 4.31. The van der Waals surface area contributed by atoms with Crippen LogP contribution in [0.4, 0.5) is 0 Å². The van der Waals surface area contributed by atoms with Crippen LogP contribution in [-0.2, 0) is 10.2 Å². The predicted molar refractivity (Wildman–Crippen MR) is 94.5 cm³/mol. The zero-order valence-corrected chi connectivity index (χ0v) is 14.0. The molecule has 1 aliphatic heterocycles. The van der Waals surface area contributed by atoms with E-state index in [0.29, 0.717) is 11.6 Å². The van der Waals surface area contributed by atoms with Gasteiger partial charge in [-0.15, -0.1) is 11.7 Å². The van der Waals surface area contributed by atoms with Crippen molar-refractivity contribution in [3.05, 3.63) is 48.0 Å². The summed E-state index contributed by atoms with van der Waals surface area (Å²) >= 11 is 1.39. The van der Waals surface area contributed by atoms with Gasteiger partial charge in [0.1, 0.15) is 0 Å². The molecular formula is C17H21N3OS. The van der Waals surface area contributed by atoms with Gasteiger partial charge >= 0.3 is 0 Å². The molecule has 1 N–H and O–H groups in total. The molecule has 1 atom stereocenters. The molecule has 1 aromatic rings. The van der Waals surface area contributed by atoms with E-state index in [1.165, 1.54) is 17.3 Å². The summed E-state index contributed by atoms with van der Waals surface area (Å²) < 4.78 is 0. The molecule has 1 aliphatic rings. The highest BCUT2D eigenvalue weighted by molar-refractivity contribution is 8.15. The van der Waals surface area contributed by atoms with Crippen LogP contribution in [0.25, 0.3) is 0 Å². The SMILES string of the molecule is C=CC[C@@H]1S/C(=N\N=C/c2ccc(C(C)(C)C)cc2)NC1=O. The van der Waals surface area contributed by atoms with E-state index >= 15 is 0 Å². The molecule has 0 unspecified atom stereocenters. The average Bonchev–Trinajstić information content (AvgIpc) is 2.79. The number of carbonyl (C=O) groups is 1. The second-order valence-corrected chi connectivity index (χ2v) is 7.33. The molecule has 1 aromatic carbocycles. The van der Waals surface area contributed by atoms with Crippen LogP contribution in [0.15, 0.2) is 47.1 Å². The summed E-state index contributed by atoms with van der Waals surface area (Å²) in [7, 11) is 0. The summed E-state index contributed by atoms with van der Waals surface area (Å²) in [5, 5.41) is 11.2. The Labute approximate surface area is 135 Å². The first kappa shape index (κ1) is 16.5. The molecule has 116 valence electrons. The maximum atomic E-state index is 11.6. The van der Waals surface area contributed by atoms with Gasteiger partial charge in [0, 0.05) is 0 Å². The van der Waals surface area contributed by atoms with Gasteiger partial charge in [-0.1, -0.05) is 62.9 Å². The Morgan fingerprint density at radius 1 is 1.32 bits per heavy atom. The van der Waals surface area contributed by atoms with E-state index in [2.05, 4.69) is 55.0 Å². The summed E-state index contributed by atoms with van der Waals surface area (Å²) in [6.45, 7) is 10.2. The molecule has 1 amide bonds. The van der Waals surface area contributed by atoms with Crippen LogP contribution in [0.3, 0.4) is 0 Å². The van der Waals surface area contributed by atoms with E-state index in [-0.39, 0.29) is 16.6 Å². The Morgan fingerprint density at radius 2 is 2.00 bits per heavy atom. The van der Waals surface area contributed by atoms with Crippen molar-refractivity contribution in [1.82, 2.24) is 5.32 Å². The molecule has 0 aliphatic carbocycles. The lowest BCUT2D eigenvalue weighted by Gasteiger charge is -2.18. The topological polar surface area (TPSA) is 53.8 Å². The highest BCUT2D eigenvalue weighted by atomic mass is 32.2. The first-order valence-corrected chi connectivity index (χ1v) is 8.08. The van der Waals surface area contributed by atoms with Crippen LogP contribution in [0.1, 0.15) is 38.3 Å². The lowest BCUT2D eigenvalue weighted by atomic mass is 9.87. The van der Waals surface area contributed by atoms with Gasteiger partial charge in [-0.25, -0.2) is 0 Å². The summed E-state index contributed by atoms with van der Waals surface area (Å²) in [4.78, 5) is 11.6. The highest BCUT2D eigenvalue weighted by Crippen LogP contribution is 2.23. The van der Waals surface area contributed by atoms with Gasteiger partial charge in [0.15, 0.2) is 5.17 Å². The number of nitrogens with zero attached hydrogens (tertiary/aromatic N) is 2. The fourth-order valence-corrected chi connectivity index (χ4v) is 2.90. The van der Waals surface area contributed by atoms with Gasteiger partial charge in [-0.05, 0) is 23.0 Å². The molecule has 0 spiro atoms. The predicted octanol–water partition coefficient (Wildman–Crippen LogP) is 3.48. The molecule has 5 heteroatoms.